The van der Waals surface area contributed by atoms with E-state index < -0.39 is 0 Å². The van der Waals surface area contributed by atoms with E-state index in [0.29, 0.717) is 0 Å². The number of nitrogens with zero attached hydrogens (tertiary/aromatic N) is 2. The molecule has 4 nitrogen and oxygen atoms in total. The average Bonchev–Trinajstić information content (AvgIpc) is 2.80. The first kappa shape index (κ1) is 26.1. The SMILES string of the molecule is COc1ccc(CN(Cc2ccc(OC)cc2)C(=Nc2ccc(C)c(C)c2)SC)cc1.I. The van der Waals surface area contributed by atoms with E-state index in [1.165, 1.54) is 22.3 Å². The Hall–Kier alpha value is -2.19. The second-order valence-corrected chi connectivity index (χ2v) is 8.19. The molecule has 0 N–H and O–H groups in total. The fourth-order valence-corrected chi connectivity index (χ4v) is 3.83. The molecule has 0 saturated carbocycles. The van der Waals surface area contributed by atoms with Gasteiger partial charge in [-0.1, -0.05) is 42.1 Å². The monoisotopic (exact) mass is 562 g/mol. The van der Waals surface area contributed by atoms with Gasteiger partial charge in [-0.2, -0.15) is 0 Å². The molecule has 0 aliphatic heterocycles. The molecule has 3 aromatic rings. The molecule has 32 heavy (non-hydrogen) atoms. The lowest BCUT2D eigenvalue weighted by Crippen LogP contribution is -2.27. The molecule has 0 atom stereocenters. The molecule has 3 aromatic carbocycles. The van der Waals surface area contributed by atoms with Crippen LogP contribution in [-0.2, 0) is 13.1 Å². The molecular formula is C26H31IN2O2S. The minimum absolute atomic E-state index is 0. The Morgan fingerprint density at radius 1 is 0.781 bits per heavy atom. The summed E-state index contributed by atoms with van der Waals surface area (Å²) >= 11 is 1.66. The number of ether oxygens (including phenoxy) is 2. The van der Waals surface area contributed by atoms with Crippen LogP contribution in [0.4, 0.5) is 5.69 Å². The van der Waals surface area contributed by atoms with E-state index in [2.05, 4.69) is 67.5 Å². The van der Waals surface area contributed by atoms with Gasteiger partial charge in [0.05, 0.1) is 19.9 Å². The van der Waals surface area contributed by atoms with E-state index in [1.54, 1.807) is 26.0 Å². The van der Waals surface area contributed by atoms with Gasteiger partial charge in [-0.05, 0) is 78.8 Å². The Labute approximate surface area is 213 Å². The van der Waals surface area contributed by atoms with E-state index in [9.17, 15) is 0 Å². The smallest absolute Gasteiger partial charge is 0.164 e. The van der Waals surface area contributed by atoms with Gasteiger partial charge in [0.2, 0.25) is 0 Å². The van der Waals surface area contributed by atoms with Crippen molar-refractivity contribution in [3.63, 3.8) is 0 Å². The van der Waals surface area contributed by atoms with Crippen LogP contribution < -0.4 is 9.47 Å². The molecule has 0 saturated heterocycles. The predicted octanol–water partition coefficient (Wildman–Crippen LogP) is 6.99. The van der Waals surface area contributed by atoms with Gasteiger partial charge in [0, 0.05) is 13.1 Å². The Morgan fingerprint density at radius 2 is 1.28 bits per heavy atom. The fourth-order valence-electron chi connectivity index (χ4n) is 3.24. The highest BCUT2D eigenvalue weighted by Gasteiger charge is 2.13. The lowest BCUT2D eigenvalue weighted by Gasteiger charge is -2.26. The highest BCUT2D eigenvalue weighted by Crippen LogP contribution is 2.23. The molecule has 0 aliphatic rings. The second kappa shape index (κ2) is 12.7. The highest BCUT2D eigenvalue weighted by atomic mass is 127. The molecule has 0 aromatic heterocycles. The number of hydrogen-bond acceptors (Lipinski definition) is 4. The third-order valence-corrected chi connectivity index (χ3v) is 5.95. The maximum absolute atomic E-state index is 5.31. The van der Waals surface area contributed by atoms with Crippen LogP contribution in [0.15, 0.2) is 71.7 Å². The summed E-state index contributed by atoms with van der Waals surface area (Å²) in [6.07, 6.45) is 2.08. The Kier molecular flexibility index (Phi) is 10.4. The Balaban J connectivity index is 0.00000363. The number of aliphatic imine (C=N–C) groups is 1. The number of amidine groups is 1. The second-order valence-electron chi connectivity index (χ2n) is 7.42. The van der Waals surface area contributed by atoms with Crippen molar-refractivity contribution >= 4 is 46.6 Å². The first-order valence-corrected chi connectivity index (χ1v) is 11.5. The van der Waals surface area contributed by atoms with Gasteiger partial charge in [0.15, 0.2) is 5.17 Å². The van der Waals surface area contributed by atoms with E-state index in [1.807, 2.05) is 24.3 Å². The topological polar surface area (TPSA) is 34.1 Å². The zero-order valence-corrected chi connectivity index (χ0v) is 22.4. The molecule has 0 spiro atoms. The van der Waals surface area contributed by atoms with Gasteiger partial charge < -0.3 is 14.4 Å². The summed E-state index contributed by atoms with van der Waals surface area (Å²) in [4.78, 5) is 7.30. The number of hydrogen-bond donors (Lipinski definition) is 0. The highest BCUT2D eigenvalue weighted by molar-refractivity contribution is 14.0. The van der Waals surface area contributed by atoms with Crippen molar-refractivity contribution in [2.24, 2.45) is 4.99 Å². The van der Waals surface area contributed by atoms with Gasteiger partial charge in [-0.15, -0.1) is 24.0 Å². The molecule has 3 rings (SSSR count). The molecule has 0 unspecified atom stereocenters. The number of benzene rings is 3. The minimum Gasteiger partial charge on any atom is -0.497 e. The van der Waals surface area contributed by atoms with Crippen molar-refractivity contribution in [2.75, 3.05) is 20.5 Å². The molecule has 0 radical (unpaired) electrons. The van der Waals surface area contributed by atoms with Crippen LogP contribution in [0.5, 0.6) is 11.5 Å². The van der Waals surface area contributed by atoms with Gasteiger partial charge in [0.25, 0.3) is 0 Å². The number of methoxy groups -OCH3 is 2. The standard InChI is InChI=1S/C26H30N2O2S.HI/c1-19-6-11-23(16-20(19)2)27-26(31-5)28(17-21-7-12-24(29-3)13-8-21)18-22-9-14-25(30-4)15-10-22;/h6-16H,17-18H2,1-5H3;1H. The maximum atomic E-state index is 5.31. The van der Waals surface area contributed by atoms with Crippen molar-refractivity contribution in [1.29, 1.82) is 0 Å². The van der Waals surface area contributed by atoms with E-state index in [-0.39, 0.29) is 24.0 Å². The fraction of sp³-hybridized carbons (Fsp3) is 0.269. The van der Waals surface area contributed by atoms with Gasteiger partial charge in [-0.25, -0.2) is 4.99 Å². The van der Waals surface area contributed by atoms with Crippen LogP contribution in [0.3, 0.4) is 0 Å². The summed E-state index contributed by atoms with van der Waals surface area (Å²) in [7, 11) is 3.38. The lowest BCUT2D eigenvalue weighted by atomic mass is 10.1. The third kappa shape index (κ3) is 7.17. The van der Waals surface area contributed by atoms with Crippen LogP contribution in [0.25, 0.3) is 0 Å². The molecule has 0 fully saturated rings. The van der Waals surface area contributed by atoms with Crippen LogP contribution >= 0.6 is 35.7 Å². The van der Waals surface area contributed by atoms with Crippen molar-refractivity contribution < 1.29 is 9.47 Å². The van der Waals surface area contributed by atoms with Crippen molar-refractivity contribution in [3.8, 4) is 11.5 Å². The van der Waals surface area contributed by atoms with Crippen molar-refractivity contribution in [2.45, 2.75) is 26.9 Å². The largest absolute Gasteiger partial charge is 0.497 e. The summed E-state index contributed by atoms with van der Waals surface area (Å²) in [6.45, 7) is 5.75. The number of aryl methyl sites for hydroxylation is 2. The van der Waals surface area contributed by atoms with Gasteiger partial charge >= 0.3 is 0 Å². The maximum Gasteiger partial charge on any atom is 0.164 e. The van der Waals surface area contributed by atoms with Crippen molar-refractivity contribution in [3.05, 3.63) is 89.0 Å². The normalized spacial score (nSPS) is 11.0. The summed E-state index contributed by atoms with van der Waals surface area (Å²) in [5, 5.41) is 0.981. The van der Waals surface area contributed by atoms with Crippen LogP contribution in [0.1, 0.15) is 22.3 Å². The molecule has 0 aliphatic carbocycles. The predicted molar refractivity (Wildman–Crippen MR) is 147 cm³/mol. The van der Waals surface area contributed by atoms with Crippen LogP contribution in [0.2, 0.25) is 0 Å². The summed E-state index contributed by atoms with van der Waals surface area (Å²) in [5.41, 5.74) is 5.91. The molecule has 0 amide bonds. The summed E-state index contributed by atoms with van der Waals surface area (Å²) in [5.74, 6) is 1.72. The van der Waals surface area contributed by atoms with Crippen LogP contribution in [-0.4, -0.2) is 30.5 Å². The Bertz CT molecular complexity index is 972. The van der Waals surface area contributed by atoms with Crippen molar-refractivity contribution in [1.82, 2.24) is 4.90 Å². The minimum atomic E-state index is 0. The molecule has 170 valence electrons. The zero-order chi connectivity index (χ0) is 22.2. The third-order valence-electron chi connectivity index (χ3n) is 5.23. The van der Waals surface area contributed by atoms with E-state index in [0.717, 1.165) is 35.4 Å². The molecule has 0 heterocycles. The van der Waals surface area contributed by atoms with Gasteiger partial charge in [0.1, 0.15) is 11.5 Å². The summed E-state index contributed by atoms with van der Waals surface area (Å²) in [6, 6.07) is 22.8. The van der Waals surface area contributed by atoms with E-state index >= 15 is 0 Å². The molecular weight excluding hydrogens is 531 g/mol. The Morgan fingerprint density at radius 3 is 1.69 bits per heavy atom. The number of rotatable bonds is 7. The number of thioether (sulfide) groups is 1. The average molecular weight is 563 g/mol. The molecule has 0 bridgehead atoms. The van der Waals surface area contributed by atoms with E-state index in [4.69, 9.17) is 14.5 Å². The first-order valence-electron chi connectivity index (χ1n) is 10.2. The van der Waals surface area contributed by atoms with Gasteiger partial charge in [-0.3, -0.25) is 0 Å². The quantitative estimate of drug-likeness (QED) is 0.177. The molecule has 6 heteroatoms. The summed E-state index contributed by atoms with van der Waals surface area (Å²) < 4.78 is 10.6. The zero-order valence-electron chi connectivity index (χ0n) is 19.3. The van der Waals surface area contributed by atoms with Crippen LogP contribution in [0, 0.1) is 13.8 Å². The number of halogens is 1. The lowest BCUT2D eigenvalue weighted by molar-refractivity contribution is 0.405. The first-order chi connectivity index (χ1) is 15.0.